The van der Waals surface area contributed by atoms with Crippen molar-refractivity contribution >= 4 is 43.6 Å². The second-order valence-electron chi connectivity index (χ2n) is 17.7. The topological polar surface area (TPSA) is 35.6 Å². The Morgan fingerprint density at radius 2 is 0.873 bits per heavy atom. The summed E-state index contributed by atoms with van der Waals surface area (Å²) >= 11 is 0. The molecular formula is C59H44N4. The van der Waals surface area contributed by atoms with Crippen LogP contribution in [0.25, 0.3) is 111 Å². The molecule has 11 aromatic rings. The first-order valence-electron chi connectivity index (χ1n) is 22.3. The summed E-state index contributed by atoms with van der Waals surface area (Å²) in [5, 5.41) is 5.05. The highest BCUT2D eigenvalue weighted by atomic mass is 15.1. The number of imidazole rings is 2. The number of aromatic nitrogens is 4. The first kappa shape index (κ1) is 36.1. The van der Waals surface area contributed by atoms with Crippen LogP contribution >= 0.6 is 0 Å². The van der Waals surface area contributed by atoms with Crippen LogP contribution in [0.5, 0.6) is 0 Å². The minimum absolute atomic E-state index is 0.00822. The highest BCUT2D eigenvalue weighted by Gasteiger charge is 2.46. The molecule has 1 fully saturated rings. The molecule has 0 saturated heterocycles. The van der Waals surface area contributed by atoms with Crippen LogP contribution in [0.4, 0.5) is 0 Å². The fourth-order valence-electron chi connectivity index (χ4n) is 11.6. The average Bonchev–Trinajstić information content (AvgIpc) is 4.12. The van der Waals surface area contributed by atoms with Crippen molar-refractivity contribution in [2.24, 2.45) is 14.1 Å². The van der Waals surface area contributed by atoms with Crippen molar-refractivity contribution in [2.75, 3.05) is 0 Å². The first-order valence-corrected chi connectivity index (χ1v) is 22.3. The molecule has 0 amide bonds. The third-order valence-corrected chi connectivity index (χ3v) is 14.5. The highest BCUT2D eigenvalue weighted by molar-refractivity contribution is 6.20. The normalized spacial score (nSPS) is 14.1. The van der Waals surface area contributed by atoms with Crippen molar-refractivity contribution in [2.45, 2.75) is 31.1 Å². The Labute approximate surface area is 366 Å². The van der Waals surface area contributed by atoms with E-state index in [2.05, 4.69) is 205 Å². The van der Waals surface area contributed by atoms with Crippen molar-refractivity contribution < 1.29 is 0 Å². The zero-order valence-electron chi connectivity index (χ0n) is 35.4. The van der Waals surface area contributed by atoms with Crippen molar-refractivity contribution in [3.05, 3.63) is 193 Å². The monoisotopic (exact) mass is 808 g/mol. The molecule has 1 saturated carbocycles. The standard InChI is InChI=1S/C59H44N4/c1-62-53-34-39(28-30-51(53)60-57(62)37-16-5-3-6-17-37)41-21-13-23-44-48(41)36-49-42(40-29-31-52-54(35-40)63(2)58(61-52)38-18-7-4-8-19-38)22-14-24-45(49)55(44)47-26-15-25-46-43-20-9-10-27-50(43)59(56(46)47)32-11-12-33-59/h3-10,13-31,34-36H,11-12,32-33H2,1-2H3. The molecule has 1 spiro atoms. The van der Waals surface area contributed by atoms with Gasteiger partial charge < -0.3 is 9.13 Å². The van der Waals surface area contributed by atoms with Crippen LogP contribution in [0.3, 0.4) is 0 Å². The molecule has 4 heteroatoms. The van der Waals surface area contributed by atoms with E-state index in [4.69, 9.17) is 9.97 Å². The second-order valence-corrected chi connectivity index (χ2v) is 17.7. The lowest BCUT2D eigenvalue weighted by atomic mass is 9.73. The quantitative estimate of drug-likeness (QED) is 0.162. The van der Waals surface area contributed by atoms with Gasteiger partial charge in [0, 0.05) is 30.6 Å². The largest absolute Gasteiger partial charge is 0.327 e. The van der Waals surface area contributed by atoms with Crippen molar-refractivity contribution in [1.82, 2.24) is 19.1 Å². The van der Waals surface area contributed by atoms with E-state index in [1.165, 1.54) is 103 Å². The lowest BCUT2D eigenvalue weighted by Crippen LogP contribution is -2.21. The molecule has 0 atom stereocenters. The summed E-state index contributed by atoms with van der Waals surface area (Å²) in [7, 11) is 4.27. The van der Waals surface area contributed by atoms with Gasteiger partial charge in [0.15, 0.2) is 0 Å². The Morgan fingerprint density at radius 3 is 1.44 bits per heavy atom. The van der Waals surface area contributed by atoms with E-state index in [9.17, 15) is 0 Å². The van der Waals surface area contributed by atoms with E-state index in [1.54, 1.807) is 0 Å². The molecule has 0 unspecified atom stereocenters. The summed E-state index contributed by atoms with van der Waals surface area (Å²) in [4.78, 5) is 10.2. The molecule has 63 heavy (non-hydrogen) atoms. The minimum atomic E-state index is 0.00822. The van der Waals surface area contributed by atoms with Crippen LogP contribution < -0.4 is 0 Å². The number of hydrogen-bond acceptors (Lipinski definition) is 2. The molecule has 2 heterocycles. The Balaban J connectivity index is 1.09. The zero-order valence-corrected chi connectivity index (χ0v) is 35.4. The Bertz CT molecular complexity index is 3460. The molecule has 2 aliphatic rings. The zero-order chi connectivity index (χ0) is 41.8. The summed E-state index contributed by atoms with van der Waals surface area (Å²) in [5.74, 6) is 1.94. The van der Waals surface area contributed by atoms with E-state index >= 15 is 0 Å². The predicted molar refractivity (Wildman–Crippen MR) is 262 cm³/mol. The van der Waals surface area contributed by atoms with Crippen molar-refractivity contribution in [3.8, 4) is 67.3 Å². The maximum Gasteiger partial charge on any atom is 0.140 e. The number of rotatable bonds is 5. The maximum absolute atomic E-state index is 5.11. The molecule has 0 aliphatic heterocycles. The van der Waals surface area contributed by atoms with Gasteiger partial charge in [0.1, 0.15) is 11.6 Å². The van der Waals surface area contributed by atoms with Crippen LogP contribution in [0.1, 0.15) is 36.8 Å². The van der Waals surface area contributed by atoms with Crippen LogP contribution in [-0.2, 0) is 19.5 Å². The van der Waals surface area contributed by atoms with Gasteiger partial charge in [-0.05, 0) is 120 Å². The van der Waals surface area contributed by atoms with Crippen LogP contribution in [-0.4, -0.2) is 19.1 Å². The smallest absolute Gasteiger partial charge is 0.140 e. The number of aryl methyl sites for hydroxylation is 2. The fraction of sp³-hybridized carbons (Fsp3) is 0.119. The van der Waals surface area contributed by atoms with Gasteiger partial charge in [-0.3, -0.25) is 0 Å². The third-order valence-electron chi connectivity index (χ3n) is 14.5. The van der Waals surface area contributed by atoms with Gasteiger partial charge in [0.25, 0.3) is 0 Å². The van der Waals surface area contributed by atoms with Crippen LogP contribution in [0, 0.1) is 0 Å². The summed E-state index contributed by atoms with van der Waals surface area (Å²) in [6, 6.07) is 67.3. The second kappa shape index (κ2) is 13.7. The Morgan fingerprint density at radius 1 is 0.397 bits per heavy atom. The summed E-state index contributed by atoms with van der Waals surface area (Å²) < 4.78 is 4.48. The van der Waals surface area contributed by atoms with E-state index in [0.717, 1.165) is 44.8 Å². The van der Waals surface area contributed by atoms with Gasteiger partial charge in [-0.1, -0.05) is 165 Å². The van der Waals surface area contributed by atoms with Gasteiger partial charge in [0.05, 0.1) is 22.1 Å². The lowest BCUT2D eigenvalue weighted by Gasteiger charge is -2.30. The predicted octanol–water partition coefficient (Wildman–Crippen LogP) is 14.9. The highest BCUT2D eigenvalue weighted by Crippen LogP contribution is 2.60. The van der Waals surface area contributed by atoms with Gasteiger partial charge >= 0.3 is 0 Å². The fourth-order valence-corrected chi connectivity index (χ4v) is 11.6. The van der Waals surface area contributed by atoms with Gasteiger partial charge in [0.2, 0.25) is 0 Å². The summed E-state index contributed by atoms with van der Waals surface area (Å²) in [5.41, 5.74) is 19.8. The number of benzene rings is 9. The SMILES string of the molecule is Cn1c(-c2ccccc2)nc2ccc(-c3cccc4c(-c5cccc6c5C5(CCCC5)c5ccccc5-6)c5cccc(-c6ccc7nc(-c8ccccc8)n(C)c7c6)c5cc34)cc21. The van der Waals surface area contributed by atoms with E-state index in [-0.39, 0.29) is 5.41 Å². The summed E-state index contributed by atoms with van der Waals surface area (Å²) in [6.07, 6.45) is 4.85. The third kappa shape index (κ3) is 5.28. The maximum atomic E-state index is 5.11. The number of hydrogen-bond donors (Lipinski definition) is 0. The van der Waals surface area contributed by atoms with Crippen molar-refractivity contribution in [3.63, 3.8) is 0 Å². The van der Waals surface area contributed by atoms with E-state index < -0.39 is 0 Å². The molecule has 300 valence electrons. The van der Waals surface area contributed by atoms with Crippen molar-refractivity contribution in [1.29, 1.82) is 0 Å². The van der Waals surface area contributed by atoms with Crippen LogP contribution in [0.2, 0.25) is 0 Å². The molecule has 4 nitrogen and oxygen atoms in total. The van der Waals surface area contributed by atoms with E-state index in [0.29, 0.717) is 0 Å². The molecule has 2 aliphatic carbocycles. The molecule has 0 N–H and O–H groups in total. The van der Waals surface area contributed by atoms with Gasteiger partial charge in [-0.15, -0.1) is 0 Å². The molecule has 0 bridgehead atoms. The molecule has 2 aromatic heterocycles. The van der Waals surface area contributed by atoms with Gasteiger partial charge in [-0.25, -0.2) is 9.97 Å². The molecule has 13 rings (SSSR count). The number of nitrogens with zero attached hydrogens (tertiary/aromatic N) is 4. The van der Waals surface area contributed by atoms with Gasteiger partial charge in [-0.2, -0.15) is 0 Å². The molecular weight excluding hydrogens is 765 g/mol. The molecule has 0 radical (unpaired) electrons. The minimum Gasteiger partial charge on any atom is -0.327 e. The lowest BCUT2D eigenvalue weighted by molar-refractivity contribution is 0.551. The Hall–Kier alpha value is -7.56. The average molecular weight is 809 g/mol. The first-order chi connectivity index (χ1) is 31.1. The number of fused-ring (bicyclic) bond motifs is 9. The van der Waals surface area contributed by atoms with Crippen LogP contribution in [0.15, 0.2) is 182 Å². The molecule has 9 aromatic carbocycles. The van der Waals surface area contributed by atoms with E-state index in [1.807, 2.05) is 0 Å². The summed E-state index contributed by atoms with van der Waals surface area (Å²) in [6.45, 7) is 0. The Kier molecular flexibility index (Phi) is 7.87.